The molecule has 1 amide bonds. The summed E-state index contributed by atoms with van der Waals surface area (Å²) in [5.74, 6) is 0.587. The first-order valence-corrected chi connectivity index (χ1v) is 7.17. The molecule has 2 heterocycles. The highest BCUT2D eigenvalue weighted by molar-refractivity contribution is 6.32. The average molecular weight is 297 g/mol. The maximum atomic E-state index is 12.2. The predicted octanol–water partition coefficient (Wildman–Crippen LogP) is 1.27. The van der Waals surface area contributed by atoms with Crippen molar-refractivity contribution in [2.24, 2.45) is 0 Å². The second kappa shape index (κ2) is 5.99. The van der Waals surface area contributed by atoms with Crippen LogP contribution in [0.3, 0.4) is 0 Å². The van der Waals surface area contributed by atoms with Crippen LogP contribution in [0, 0.1) is 0 Å². The molecule has 1 saturated heterocycles. The van der Waals surface area contributed by atoms with Gasteiger partial charge >= 0.3 is 0 Å². The molecule has 0 aromatic heterocycles. The highest BCUT2D eigenvalue weighted by Gasteiger charge is 2.28. The van der Waals surface area contributed by atoms with Crippen LogP contribution in [0.2, 0.25) is 5.02 Å². The van der Waals surface area contributed by atoms with Gasteiger partial charge in [0.1, 0.15) is 11.9 Å². The Morgan fingerprint density at radius 2 is 2.30 bits per heavy atom. The van der Waals surface area contributed by atoms with Crippen LogP contribution < -0.4 is 15.4 Å². The van der Waals surface area contributed by atoms with Crippen LogP contribution in [0.15, 0.2) is 18.2 Å². The maximum absolute atomic E-state index is 12.2. The number of hydrogen-bond donors (Lipinski definition) is 2. The normalized spacial score (nSPS) is 25.4. The third-order valence-electron chi connectivity index (χ3n) is 3.56. The number of carbonyl (C=O) groups is 1. The highest BCUT2D eigenvalue weighted by Crippen LogP contribution is 2.37. The van der Waals surface area contributed by atoms with Crippen LogP contribution in [0.25, 0.3) is 0 Å². The van der Waals surface area contributed by atoms with E-state index in [4.69, 9.17) is 21.1 Å². The molecular weight excluding hydrogens is 280 g/mol. The molecule has 1 aromatic rings. The highest BCUT2D eigenvalue weighted by atomic mass is 35.5. The summed E-state index contributed by atoms with van der Waals surface area (Å²) in [7, 11) is 0. The van der Waals surface area contributed by atoms with Crippen molar-refractivity contribution in [3.63, 3.8) is 0 Å². The summed E-state index contributed by atoms with van der Waals surface area (Å²) in [5, 5.41) is 6.76. The van der Waals surface area contributed by atoms with Crippen molar-refractivity contribution in [3.05, 3.63) is 28.8 Å². The van der Waals surface area contributed by atoms with Crippen LogP contribution >= 0.6 is 11.6 Å². The molecule has 2 N–H and O–H groups in total. The molecule has 1 aromatic carbocycles. The predicted molar refractivity (Wildman–Crippen MR) is 75.1 cm³/mol. The molecule has 5 nitrogen and oxygen atoms in total. The van der Waals surface area contributed by atoms with Crippen molar-refractivity contribution in [3.8, 4) is 5.75 Å². The standard InChI is InChI=1S/C14H17ClN2O3/c15-10-3-1-2-9-11(4-6-20-13(9)10)17-14(18)12-8-16-5-7-19-12/h1-3,11-12,16H,4-8H2,(H,17,18). The fourth-order valence-electron chi connectivity index (χ4n) is 2.53. The first kappa shape index (κ1) is 13.7. The van der Waals surface area contributed by atoms with Crippen molar-refractivity contribution in [1.29, 1.82) is 0 Å². The van der Waals surface area contributed by atoms with Gasteiger partial charge in [0.05, 0.1) is 24.3 Å². The number of hydrogen-bond acceptors (Lipinski definition) is 4. The lowest BCUT2D eigenvalue weighted by Gasteiger charge is -2.30. The van der Waals surface area contributed by atoms with Gasteiger partial charge in [-0.05, 0) is 6.07 Å². The number of ether oxygens (including phenoxy) is 2. The Labute approximate surface area is 122 Å². The van der Waals surface area contributed by atoms with Crippen molar-refractivity contribution in [1.82, 2.24) is 10.6 Å². The van der Waals surface area contributed by atoms with E-state index in [-0.39, 0.29) is 11.9 Å². The molecule has 0 spiro atoms. The molecule has 2 atom stereocenters. The quantitative estimate of drug-likeness (QED) is 0.863. The number of amides is 1. The minimum Gasteiger partial charge on any atom is -0.492 e. The fraction of sp³-hybridized carbons (Fsp3) is 0.500. The zero-order valence-corrected chi connectivity index (χ0v) is 11.8. The minimum absolute atomic E-state index is 0.0736. The summed E-state index contributed by atoms with van der Waals surface area (Å²) in [4.78, 5) is 12.2. The Kier molecular flexibility index (Phi) is 4.10. The van der Waals surface area contributed by atoms with Gasteiger partial charge in [-0.25, -0.2) is 0 Å². The number of carbonyl (C=O) groups excluding carboxylic acids is 1. The lowest BCUT2D eigenvalue weighted by Crippen LogP contribution is -2.49. The first-order chi connectivity index (χ1) is 9.75. The molecule has 2 unspecified atom stereocenters. The molecule has 2 aliphatic rings. The lowest BCUT2D eigenvalue weighted by molar-refractivity contribution is -0.135. The molecule has 0 saturated carbocycles. The maximum Gasteiger partial charge on any atom is 0.250 e. The van der Waals surface area contributed by atoms with Gasteiger partial charge in [-0.1, -0.05) is 23.7 Å². The Balaban J connectivity index is 1.73. The monoisotopic (exact) mass is 296 g/mol. The summed E-state index contributed by atoms with van der Waals surface area (Å²) in [5.41, 5.74) is 0.931. The minimum atomic E-state index is -0.422. The van der Waals surface area contributed by atoms with Crippen LogP contribution in [0.5, 0.6) is 5.75 Å². The number of fused-ring (bicyclic) bond motifs is 1. The van der Waals surface area contributed by atoms with Gasteiger partial charge in [-0.15, -0.1) is 0 Å². The molecule has 0 bridgehead atoms. The smallest absolute Gasteiger partial charge is 0.250 e. The van der Waals surface area contributed by atoms with Crippen LogP contribution in [-0.2, 0) is 9.53 Å². The Morgan fingerprint density at radius 1 is 1.40 bits per heavy atom. The number of halogens is 1. The van der Waals surface area contributed by atoms with E-state index in [0.29, 0.717) is 30.5 Å². The molecule has 3 rings (SSSR count). The average Bonchev–Trinajstić information content (AvgIpc) is 2.49. The van der Waals surface area contributed by atoms with E-state index in [2.05, 4.69) is 10.6 Å². The van der Waals surface area contributed by atoms with Crippen molar-refractivity contribution in [2.45, 2.75) is 18.6 Å². The molecule has 1 fully saturated rings. The van der Waals surface area contributed by atoms with E-state index < -0.39 is 6.10 Å². The van der Waals surface area contributed by atoms with Crippen LogP contribution in [0.1, 0.15) is 18.0 Å². The molecule has 108 valence electrons. The summed E-state index contributed by atoms with van der Waals surface area (Å²) in [6.45, 7) is 2.46. The topological polar surface area (TPSA) is 59.6 Å². The summed E-state index contributed by atoms with van der Waals surface area (Å²) < 4.78 is 11.0. The van der Waals surface area contributed by atoms with Gasteiger partial charge in [0, 0.05) is 25.1 Å². The molecule has 0 radical (unpaired) electrons. The molecule has 0 aliphatic carbocycles. The van der Waals surface area contributed by atoms with Crippen molar-refractivity contribution >= 4 is 17.5 Å². The zero-order chi connectivity index (χ0) is 13.9. The summed E-state index contributed by atoms with van der Waals surface area (Å²) >= 11 is 6.12. The summed E-state index contributed by atoms with van der Waals surface area (Å²) in [6, 6.07) is 5.52. The largest absolute Gasteiger partial charge is 0.492 e. The van der Waals surface area contributed by atoms with Crippen molar-refractivity contribution in [2.75, 3.05) is 26.3 Å². The third kappa shape index (κ3) is 2.75. The Bertz CT molecular complexity index is 503. The number of rotatable bonds is 2. The van der Waals surface area contributed by atoms with Crippen molar-refractivity contribution < 1.29 is 14.3 Å². The molecular formula is C14H17ClN2O3. The molecule has 6 heteroatoms. The molecule has 2 aliphatic heterocycles. The van der Waals surface area contributed by atoms with Crippen LogP contribution in [0.4, 0.5) is 0 Å². The van der Waals surface area contributed by atoms with Gasteiger partial charge in [0.15, 0.2) is 0 Å². The van der Waals surface area contributed by atoms with E-state index in [1.807, 2.05) is 12.1 Å². The SMILES string of the molecule is O=C(NC1CCOc2c(Cl)cccc21)C1CNCCO1. The van der Waals surface area contributed by atoms with E-state index >= 15 is 0 Å². The third-order valence-corrected chi connectivity index (χ3v) is 3.86. The zero-order valence-electron chi connectivity index (χ0n) is 11.0. The van der Waals surface area contributed by atoms with E-state index in [1.165, 1.54) is 0 Å². The van der Waals surface area contributed by atoms with Gasteiger partial charge < -0.3 is 20.1 Å². The van der Waals surface area contributed by atoms with Gasteiger partial charge in [0.25, 0.3) is 5.91 Å². The Hall–Kier alpha value is -1.30. The van der Waals surface area contributed by atoms with Gasteiger partial charge in [0.2, 0.25) is 0 Å². The number of benzene rings is 1. The molecule has 20 heavy (non-hydrogen) atoms. The van der Waals surface area contributed by atoms with Gasteiger partial charge in [-0.3, -0.25) is 4.79 Å². The van der Waals surface area contributed by atoms with Gasteiger partial charge in [-0.2, -0.15) is 0 Å². The first-order valence-electron chi connectivity index (χ1n) is 6.79. The number of morpholine rings is 1. The van der Waals surface area contributed by atoms with E-state index in [0.717, 1.165) is 18.5 Å². The number of para-hydroxylation sites is 1. The second-order valence-electron chi connectivity index (χ2n) is 4.92. The number of nitrogens with one attached hydrogen (secondary N) is 2. The van der Waals surface area contributed by atoms with E-state index in [9.17, 15) is 4.79 Å². The van der Waals surface area contributed by atoms with Crippen LogP contribution in [-0.4, -0.2) is 38.3 Å². The second-order valence-corrected chi connectivity index (χ2v) is 5.33. The van der Waals surface area contributed by atoms with E-state index in [1.54, 1.807) is 6.07 Å². The summed E-state index contributed by atoms with van der Waals surface area (Å²) in [6.07, 6.45) is 0.313. The Morgan fingerprint density at radius 3 is 3.10 bits per heavy atom. The lowest BCUT2D eigenvalue weighted by atomic mass is 10.00. The fourth-order valence-corrected chi connectivity index (χ4v) is 2.77.